The van der Waals surface area contributed by atoms with Crippen molar-refractivity contribution in [1.29, 1.82) is 0 Å². The standard InChI is InChI=1S/C23H19FI2N2O4/c24-16-6-8-17(9-7-16)27-22(30)20(12-15-10-18(25)21(29)19(26)11-15)28-23(31)32-13-14-4-2-1-3-5-14/h1-11,20,29H,12-13H2,(H,27,30)(H,28,31)/t20-/m1/s1. The molecule has 0 saturated heterocycles. The van der Waals surface area contributed by atoms with E-state index in [0.717, 1.165) is 11.1 Å². The van der Waals surface area contributed by atoms with Crippen LogP contribution in [0, 0.1) is 13.0 Å². The van der Waals surface area contributed by atoms with E-state index in [4.69, 9.17) is 4.74 Å². The number of halogens is 3. The first-order valence-electron chi connectivity index (χ1n) is 9.52. The Morgan fingerprint density at radius 3 is 2.22 bits per heavy atom. The number of carbonyl (C=O) groups is 2. The van der Waals surface area contributed by atoms with E-state index in [1.54, 1.807) is 12.1 Å². The molecule has 3 rings (SSSR count). The minimum absolute atomic E-state index is 0.0635. The molecule has 0 heterocycles. The van der Waals surface area contributed by atoms with E-state index >= 15 is 0 Å². The minimum atomic E-state index is -0.959. The third-order valence-corrected chi connectivity index (χ3v) is 6.09. The Bertz CT molecular complexity index is 1070. The molecule has 6 nitrogen and oxygen atoms in total. The van der Waals surface area contributed by atoms with E-state index < -0.39 is 23.9 Å². The molecular formula is C23H19FI2N2O4. The fraction of sp³-hybridized carbons (Fsp3) is 0.130. The number of hydrogen-bond acceptors (Lipinski definition) is 4. The van der Waals surface area contributed by atoms with Gasteiger partial charge in [-0.25, -0.2) is 9.18 Å². The van der Waals surface area contributed by atoms with Crippen molar-refractivity contribution in [2.75, 3.05) is 5.32 Å². The highest BCUT2D eigenvalue weighted by Gasteiger charge is 2.23. The molecular weight excluding hydrogens is 641 g/mol. The first-order valence-corrected chi connectivity index (χ1v) is 11.7. The van der Waals surface area contributed by atoms with Crippen LogP contribution < -0.4 is 10.6 Å². The molecule has 2 amide bonds. The average Bonchev–Trinajstić information content (AvgIpc) is 2.78. The summed E-state index contributed by atoms with van der Waals surface area (Å²) in [5.41, 5.74) is 1.97. The van der Waals surface area contributed by atoms with Crippen LogP contribution in [0.25, 0.3) is 0 Å². The number of ether oxygens (including phenoxy) is 1. The molecule has 0 unspecified atom stereocenters. The second-order valence-electron chi connectivity index (χ2n) is 6.87. The van der Waals surface area contributed by atoms with Crippen LogP contribution in [0.4, 0.5) is 14.9 Å². The zero-order valence-corrected chi connectivity index (χ0v) is 21.0. The van der Waals surface area contributed by atoms with Gasteiger partial charge < -0.3 is 20.5 Å². The van der Waals surface area contributed by atoms with Gasteiger partial charge in [0.05, 0.1) is 7.14 Å². The highest BCUT2D eigenvalue weighted by molar-refractivity contribution is 14.1. The maximum atomic E-state index is 13.2. The molecule has 0 aromatic heterocycles. The number of rotatable bonds is 7. The van der Waals surface area contributed by atoms with Gasteiger partial charge in [-0.1, -0.05) is 30.3 Å². The first kappa shape index (κ1) is 24.2. The SMILES string of the molecule is O=C(N[C@H](Cc1cc(I)c(O)c(I)c1)C(=O)Nc1ccc(F)cc1)OCc1ccccc1. The van der Waals surface area contributed by atoms with Crippen molar-refractivity contribution < 1.29 is 23.8 Å². The number of alkyl carbamates (subject to hydrolysis) is 1. The van der Waals surface area contributed by atoms with Crippen molar-refractivity contribution in [2.24, 2.45) is 0 Å². The number of nitrogens with one attached hydrogen (secondary N) is 2. The molecule has 0 aliphatic heterocycles. The fourth-order valence-electron chi connectivity index (χ4n) is 2.85. The monoisotopic (exact) mass is 660 g/mol. The third kappa shape index (κ3) is 7.05. The predicted molar refractivity (Wildman–Crippen MR) is 136 cm³/mol. The van der Waals surface area contributed by atoms with Crippen molar-refractivity contribution in [3.63, 3.8) is 0 Å². The van der Waals surface area contributed by atoms with Gasteiger partial charge in [-0.05, 0) is 92.7 Å². The van der Waals surface area contributed by atoms with E-state index in [2.05, 4.69) is 10.6 Å². The molecule has 0 aliphatic rings. The van der Waals surface area contributed by atoms with Crippen molar-refractivity contribution in [2.45, 2.75) is 19.1 Å². The van der Waals surface area contributed by atoms with Crippen LogP contribution in [0.2, 0.25) is 0 Å². The molecule has 0 spiro atoms. The van der Waals surface area contributed by atoms with Gasteiger partial charge >= 0.3 is 6.09 Å². The molecule has 1 atom stereocenters. The number of phenolic OH excluding ortho intramolecular Hbond substituents is 1. The molecule has 3 N–H and O–H groups in total. The van der Waals surface area contributed by atoms with Gasteiger partial charge in [0.25, 0.3) is 0 Å². The zero-order valence-electron chi connectivity index (χ0n) is 16.6. The Morgan fingerprint density at radius 1 is 0.969 bits per heavy atom. The van der Waals surface area contributed by atoms with E-state index in [9.17, 15) is 19.1 Å². The zero-order chi connectivity index (χ0) is 23.1. The van der Waals surface area contributed by atoms with Crippen LogP contribution in [0.5, 0.6) is 5.75 Å². The van der Waals surface area contributed by atoms with Gasteiger partial charge in [-0.3, -0.25) is 4.79 Å². The fourth-order valence-corrected chi connectivity index (χ4v) is 4.75. The molecule has 32 heavy (non-hydrogen) atoms. The summed E-state index contributed by atoms with van der Waals surface area (Å²) in [4.78, 5) is 25.3. The lowest BCUT2D eigenvalue weighted by Gasteiger charge is -2.19. The maximum Gasteiger partial charge on any atom is 0.408 e. The number of phenols is 1. The number of anilines is 1. The molecule has 166 valence electrons. The summed E-state index contributed by atoms with van der Waals surface area (Å²) < 4.78 is 19.7. The lowest BCUT2D eigenvalue weighted by molar-refractivity contribution is -0.118. The summed E-state index contributed by atoms with van der Waals surface area (Å²) in [6, 6.07) is 17.0. The minimum Gasteiger partial charge on any atom is -0.506 e. The second kappa shape index (κ2) is 11.5. The van der Waals surface area contributed by atoms with Crippen molar-refractivity contribution in [3.05, 3.63) is 90.8 Å². The maximum absolute atomic E-state index is 13.2. The van der Waals surface area contributed by atoms with Gasteiger partial charge in [-0.2, -0.15) is 0 Å². The molecule has 3 aromatic rings. The Balaban J connectivity index is 1.74. The Morgan fingerprint density at radius 2 is 1.59 bits per heavy atom. The summed E-state index contributed by atoms with van der Waals surface area (Å²) in [6.07, 6.45) is -0.573. The largest absolute Gasteiger partial charge is 0.506 e. The number of amides is 2. The normalized spacial score (nSPS) is 11.5. The van der Waals surface area contributed by atoms with Gasteiger partial charge in [0, 0.05) is 12.1 Å². The molecule has 3 aromatic carbocycles. The second-order valence-corrected chi connectivity index (χ2v) is 9.19. The molecule has 0 aliphatic carbocycles. The highest BCUT2D eigenvalue weighted by Crippen LogP contribution is 2.28. The van der Waals surface area contributed by atoms with E-state index in [0.29, 0.717) is 12.8 Å². The summed E-state index contributed by atoms with van der Waals surface area (Å²) in [6.45, 7) is 0.0635. The number of benzene rings is 3. The van der Waals surface area contributed by atoms with Crippen molar-refractivity contribution in [3.8, 4) is 5.75 Å². The molecule has 0 saturated carbocycles. The summed E-state index contributed by atoms with van der Waals surface area (Å²) in [5, 5.41) is 15.3. The van der Waals surface area contributed by atoms with Gasteiger partial charge in [0.1, 0.15) is 24.2 Å². The van der Waals surface area contributed by atoms with Crippen molar-refractivity contribution >= 4 is 62.9 Å². The van der Waals surface area contributed by atoms with E-state index in [-0.39, 0.29) is 18.8 Å². The quantitative estimate of drug-likeness (QED) is 0.304. The van der Waals surface area contributed by atoms with E-state index in [1.807, 2.05) is 75.5 Å². The number of carbonyl (C=O) groups excluding carboxylic acids is 2. The first-order chi connectivity index (χ1) is 15.3. The molecule has 0 bridgehead atoms. The van der Waals surface area contributed by atoms with Crippen LogP contribution in [0.15, 0.2) is 66.7 Å². The third-order valence-electron chi connectivity index (χ3n) is 4.45. The molecule has 0 fully saturated rings. The predicted octanol–water partition coefficient (Wildman–Crippen LogP) is 5.22. The lowest BCUT2D eigenvalue weighted by Crippen LogP contribution is -2.45. The Kier molecular flexibility index (Phi) is 8.67. The highest BCUT2D eigenvalue weighted by atomic mass is 127. The summed E-state index contributed by atoms with van der Waals surface area (Å²) >= 11 is 4.01. The number of hydrogen-bond donors (Lipinski definition) is 3. The Labute approximate surface area is 211 Å². The van der Waals surface area contributed by atoms with Gasteiger partial charge in [0.2, 0.25) is 5.91 Å². The lowest BCUT2D eigenvalue weighted by atomic mass is 10.0. The van der Waals surface area contributed by atoms with Crippen LogP contribution in [-0.2, 0) is 22.6 Å². The van der Waals surface area contributed by atoms with Gasteiger partial charge in [0.15, 0.2) is 0 Å². The van der Waals surface area contributed by atoms with Crippen LogP contribution in [-0.4, -0.2) is 23.1 Å². The van der Waals surface area contributed by atoms with Crippen molar-refractivity contribution in [1.82, 2.24) is 5.32 Å². The number of aromatic hydroxyl groups is 1. The topological polar surface area (TPSA) is 87.7 Å². The van der Waals surface area contributed by atoms with Crippen LogP contribution >= 0.6 is 45.2 Å². The summed E-state index contributed by atoms with van der Waals surface area (Å²) in [7, 11) is 0. The van der Waals surface area contributed by atoms with E-state index in [1.165, 1.54) is 24.3 Å². The smallest absolute Gasteiger partial charge is 0.408 e. The van der Waals surface area contributed by atoms with Crippen LogP contribution in [0.3, 0.4) is 0 Å². The Hall–Kier alpha value is -2.41. The van der Waals surface area contributed by atoms with Gasteiger partial charge in [-0.15, -0.1) is 0 Å². The average molecular weight is 660 g/mol. The molecule has 0 radical (unpaired) electrons. The molecule has 9 heteroatoms. The van der Waals surface area contributed by atoms with Crippen LogP contribution in [0.1, 0.15) is 11.1 Å². The summed E-state index contributed by atoms with van der Waals surface area (Å²) in [5.74, 6) is -0.737.